The normalized spacial score (nSPS) is 26.9. The van der Waals surface area contributed by atoms with Crippen molar-refractivity contribution in [3.63, 3.8) is 0 Å². The smallest absolute Gasteiger partial charge is 0.318 e. The number of imide groups is 1. The van der Waals surface area contributed by atoms with Gasteiger partial charge in [-0.3, -0.25) is 10.1 Å². The molecule has 0 aromatic heterocycles. The third-order valence-electron chi connectivity index (χ3n) is 3.04. The molecule has 0 bridgehead atoms. The largest absolute Gasteiger partial charge is 0.351 e. The molecule has 0 unspecified atom stereocenters. The Balaban J connectivity index is 2.34. The number of amides is 3. The third kappa shape index (κ3) is 3.01. The number of nitrogens with one attached hydrogen (secondary N) is 1. The lowest BCUT2D eigenvalue weighted by atomic mass is 9.80. The molecule has 0 aromatic carbocycles. The van der Waals surface area contributed by atoms with Crippen LogP contribution in [-0.2, 0) is 4.79 Å². The Labute approximate surface area is 84.2 Å². The molecule has 0 heterocycles. The van der Waals surface area contributed by atoms with Crippen LogP contribution in [-0.4, -0.2) is 11.9 Å². The average molecular weight is 198 g/mol. The molecule has 0 saturated heterocycles. The Bertz CT molecular complexity index is 220. The summed E-state index contributed by atoms with van der Waals surface area (Å²) in [7, 11) is 0. The second-order valence-corrected chi connectivity index (χ2v) is 3.98. The van der Waals surface area contributed by atoms with Gasteiger partial charge in [0.1, 0.15) is 0 Å². The highest BCUT2D eigenvalue weighted by Gasteiger charge is 2.25. The van der Waals surface area contributed by atoms with E-state index in [4.69, 9.17) is 5.73 Å². The minimum Gasteiger partial charge on any atom is -0.351 e. The Kier molecular flexibility index (Phi) is 3.92. The van der Waals surface area contributed by atoms with Crippen LogP contribution in [0.4, 0.5) is 4.79 Å². The van der Waals surface area contributed by atoms with E-state index >= 15 is 0 Å². The van der Waals surface area contributed by atoms with Gasteiger partial charge in [-0.2, -0.15) is 0 Å². The standard InChI is InChI=1S/C10H18N2O2/c1-2-7-3-5-8(6-4-7)9(13)12-10(11)14/h7-8H,2-6H2,1H3,(H3,11,12,13,14). The van der Waals surface area contributed by atoms with Crippen LogP contribution >= 0.6 is 0 Å². The summed E-state index contributed by atoms with van der Waals surface area (Å²) in [5.74, 6) is 0.546. The Morgan fingerprint density at radius 3 is 2.29 bits per heavy atom. The summed E-state index contributed by atoms with van der Waals surface area (Å²) in [6.45, 7) is 2.18. The number of carbonyl (C=O) groups is 2. The first-order valence-electron chi connectivity index (χ1n) is 5.23. The van der Waals surface area contributed by atoms with Crippen molar-refractivity contribution in [1.82, 2.24) is 5.32 Å². The van der Waals surface area contributed by atoms with Gasteiger partial charge in [0.2, 0.25) is 5.91 Å². The fraction of sp³-hybridized carbons (Fsp3) is 0.800. The van der Waals surface area contributed by atoms with Crippen molar-refractivity contribution < 1.29 is 9.59 Å². The van der Waals surface area contributed by atoms with E-state index in [1.54, 1.807) is 0 Å². The van der Waals surface area contributed by atoms with Crippen LogP contribution in [0, 0.1) is 11.8 Å². The van der Waals surface area contributed by atoms with E-state index in [1.807, 2.05) is 0 Å². The monoisotopic (exact) mass is 198 g/mol. The van der Waals surface area contributed by atoms with Crippen molar-refractivity contribution >= 4 is 11.9 Å². The second kappa shape index (κ2) is 4.98. The lowest BCUT2D eigenvalue weighted by Crippen LogP contribution is -2.40. The molecule has 0 atom stereocenters. The van der Waals surface area contributed by atoms with E-state index in [9.17, 15) is 9.59 Å². The molecular weight excluding hydrogens is 180 g/mol. The van der Waals surface area contributed by atoms with Gasteiger partial charge in [-0.1, -0.05) is 13.3 Å². The Morgan fingerprint density at radius 2 is 1.86 bits per heavy atom. The molecule has 1 rings (SSSR count). The zero-order valence-corrected chi connectivity index (χ0v) is 8.58. The van der Waals surface area contributed by atoms with Crippen LogP contribution in [0.1, 0.15) is 39.0 Å². The van der Waals surface area contributed by atoms with Gasteiger partial charge >= 0.3 is 6.03 Å². The average Bonchev–Trinajstić information content (AvgIpc) is 2.17. The number of carbonyl (C=O) groups excluding carboxylic acids is 2. The van der Waals surface area contributed by atoms with Gasteiger partial charge in [0, 0.05) is 5.92 Å². The van der Waals surface area contributed by atoms with E-state index in [2.05, 4.69) is 12.2 Å². The first kappa shape index (κ1) is 11.0. The fourth-order valence-corrected chi connectivity index (χ4v) is 2.06. The molecule has 14 heavy (non-hydrogen) atoms. The van der Waals surface area contributed by atoms with Crippen molar-refractivity contribution in [2.75, 3.05) is 0 Å². The van der Waals surface area contributed by atoms with Crippen LogP contribution in [0.2, 0.25) is 0 Å². The minimum atomic E-state index is -0.743. The van der Waals surface area contributed by atoms with E-state index in [1.165, 1.54) is 6.42 Å². The van der Waals surface area contributed by atoms with Gasteiger partial charge in [-0.05, 0) is 31.6 Å². The molecule has 0 aliphatic heterocycles. The summed E-state index contributed by atoms with van der Waals surface area (Å²) < 4.78 is 0. The van der Waals surface area contributed by atoms with Gasteiger partial charge in [-0.15, -0.1) is 0 Å². The van der Waals surface area contributed by atoms with Gasteiger partial charge in [0.25, 0.3) is 0 Å². The summed E-state index contributed by atoms with van der Waals surface area (Å²) >= 11 is 0. The molecule has 1 fully saturated rings. The zero-order chi connectivity index (χ0) is 10.6. The number of urea groups is 1. The van der Waals surface area contributed by atoms with E-state index in [0.29, 0.717) is 0 Å². The highest BCUT2D eigenvalue weighted by atomic mass is 16.2. The Morgan fingerprint density at radius 1 is 1.29 bits per heavy atom. The van der Waals surface area contributed by atoms with Crippen molar-refractivity contribution in [1.29, 1.82) is 0 Å². The maximum absolute atomic E-state index is 11.4. The van der Waals surface area contributed by atoms with E-state index in [-0.39, 0.29) is 11.8 Å². The van der Waals surface area contributed by atoms with Gasteiger partial charge in [-0.25, -0.2) is 4.79 Å². The van der Waals surface area contributed by atoms with Crippen LogP contribution < -0.4 is 11.1 Å². The zero-order valence-electron chi connectivity index (χ0n) is 8.58. The van der Waals surface area contributed by atoms with Gasteiger partial charge < -0.3 is 5.73 Å². The molecular formula is C10H18N2O2. The number of hydrogen-bond acceptors (Lipinski definition) is 2. The maximum Gasteiger partial charge on any atom is 0.318 e. The third-order valence-corrected chi connectivity index (χ3v) is 3.04. The maximum atomic E-state index is 11.4. The molecule has 4 nitrogen and oxygen atoms in total. The molecule has 0 spiro atoms. The molecule has 80 valence electrons. The number of primary amides is 1. The minimum absolute atomic E-state index is 0.00898. The summed E-state index contributed by atoms with van der Waals surface area (Å²) in [6, 6.07) is -0.743. The second-order valence-electron chi connectivity index (χ2n) is 3.98. The lowest BCUT2D eigenvalue weighted by molar-refractivity contribution is -0.125. The summed E-state index contributed by atoms with van der Waals surface area (Å²) in [5.41, 5.74) is 4.88. The fourth-order valence-electron chi connectivity index (χ4n) is 2.06. The molecule has 0 radical (unpaired) electrons. The van der Waals surface area contributed by atoms with E-state index < -0.39 is 6.03 Å². The highest BCUT2D eigenvalue weighted by molar-refractivity contribution is 5.94. The SMILES string of the molecule is CCC1CCC(C(=O)NC(N)=O)CC1. The molecule has 0 aromatic rings. The van der Waals surface area contributed by atoms with E-state index in [0.717, 1.165) is 31.6 Å². The first-order chi connectivity index (χ1) is 6.63. The summed E-state index contributed by atoms with van der Waals surface area (Å²) in [6.07, 6.45) is 5.14. The van der Waals surface area contributed by atoms with Crippen LogP contribution in [0.15, 0.2) is 0 Å². The predicted octanol–water partition coefficient (Wildman–Crippen LogP) is 1.40. The van der Waals surface area contributed by atoms with Crippen molar-refractivity contribution in [3.05, 3.63) is 0 Å². The molecule has 1 aliphatic rings. The van der Waals surface area contributed by atoms with Crippen molar-refractivity contribution in [2.45, 2.75) is 39.0 Å². The predicted molar refractivity (Wildman–Crippen MR) is 53.5 cm³/mol. The van der Waals surface area contributed by atoms with Crippen LogP contribution in [0.25, 0.3) is 0 Å². The summed E-state index contributed by atoms with van der Waals surface area (Å²) in [4.78, 5) is 21.9. The molecule has 3 amide bonds. The Hall–Kier alpha value is -1.06. The quantitative estimate of drug-likeness (QED) is 0.704. The highest BCUT2D eigenvalue weighted by Crippen LogP contribution is 2.30. The van der Waals surface area contributed by atoms with Crippen molar-refractivity contribution in [3.8, 4) is 0 Å². The van der Waals surface area contributed by atoms with Crippen LogP contribution in [0.5, 0.6) is 0 Å². The number of nitrogens with two attached hydrogens (primary N) is 1. The van der Waals surface area contributed by atoms with Gasteiger partial charge in [0.15, 0.2) is 0 Å². The van der Waals surface area contributed by atoms with Gasteiger partial charge in [0.05, 0.1) is 0 Å². The molecule has 1 saturated carbocycles. The number of hydrogen-bond donors (Lipinski definition) is 2. The molecule has 4 heteroatoms. The molecule has 1 aliphatic carbocycles. The van der Waals surface area contributed by atoms with Crippen molar-refractivity contribution in [2.24, 2.45) is 17.6 Å². The number of rotatable bonds is 2. The lowest BCUT2D eigenvalue weighted by Gasteiger charge is -2.26. The molecule has 3 N–H and O–H groups in total. The summed E-state index contributed by atoms with van der Waals surface area (Å²) in [5, 5.41) is 2.15. The van der Waals surface area contributed by atoms with Crippen LogP contribution in [0.3, 0.4) is 0 Å². The first-order valence-corrected chi connectivity index (χ1v) is 5.23. The topological polar surface area (TPSA) is 72.2 Å².